The van der Waals surface area contributed by atoms with Crippen molar-refractivity contribution >= 4 is 0 Å². The normalized spacial score (nSPS) is 34.2. The Kier molecular flexibility index (Phi) is 1.45. The van der Waals surface area contributed by atoms with Gasteiger partial charge in [-0.25, -0.2) is 0 Å². The van der Waals surface area contributed by atoms with Crippen LogP contribution in [-0.2, 0) is 0 Å². The fourth-order valence-electron chi connectivity index (χ4n) is 2.07. The summed E-state index contributed by atoms with van der Waals surface area (Å²) in [5, 5.41) is 0. The quantitative estimate of drug-likeness (QED) is 0.536. The van der Waals surface area contributed by atoms with E-state index in [1.807, 2.05) is 0 Å². The third kappa shape index (κ3) is 1.26. The summed E-state index contributed by atoms with van der Waals surface area (Å²) in [5.74, 6) is 1.80. The SMILES string of the molecule is CC1(C)C=CC=CC1C1CC1. The van der Waals surface area contributed by atoms with Gasteiger partial charge in [0.1, 0.15) is 0 Å². The number of hydrogen-bond acceptors (Lipinski definition) is 0. The van der Waals surface area contributed by atoms with Crippen LogP contribution in [0.5, 0.6) is 0 Å². The molecule has 0 aromatic rings. The predicted molar refractivity (Wildman–Crippen MR) is 48.3 cm³/mol. The molecule has 0 saturated heterocycles. The van der Waals surface area contributed by atoms with Gasteiger partial charge >= 0.3 is 0 Å². The Labute approximate surface area is 69.0 Å². The van der Waals surface area contributed by atoms with Gasteiger partial charge in [-0.3, -0.25) is 0 Å². The first-order valence-corrected chi connectivity index (χ1v) is 4.56. The van der Waals surface area contributed by atoms with Crippen molar-refractivity contribution in [2.75, 3.05) is 0 Å². The lowest BCUT2D eigenvalue weighted by Gasteiger charge is -2.31. The molecule has 0 nitrogen and oxygen atoms in total. The maximum Gasteiger partial charge on any atom is -0.0106 e. The van der Waals surface area contributed by atoms with Crippen molar-refractivity contribution in [1.82, 2.24) is 0 Å². The smallest absolute Gasteiger partial charge is 0.0106 e. The molecule has 11 heavy (non-hydrogen) atoms. The molecule has 0 radical (unpaired) electrons. The van der Waals surface area contributed by atoms with Crippen LogP contribution in [0.3, 0.4) is 0 Å². The van der Waals surface area contributed by atoms with E-state index in [4.69, 9.17) is 0 Å². The summed E-state index contributed by atoms with van der Waals surface area (Å²) in [5.41, 5.74) is 0.413. The summed E-state index contributed by atoms with van der Waals surface area (Å²) in [4.78, 5) is 0. The predicted octanol–water partition coefficient (Wildman–Crippen LogP) is 3.16. The molecule has 1 unspecified atom stereocenters. The highest BCUT2D eigenvalue weighted by molar-refractivity contribution is 5.20. The van der Waals surface area contributed by atoms with Crippen LogP contribution < -0.4 is 0 Å². The van der Waals surface area contributed by atoms with Crippen molar-refractivity contribution < 1.29 is 0 Å². The van der Waals surface area contributed by atoms with Crippen molar-refractivity contribution in [3.63, 3.8) is 0 Å². The molecular formula is C11H16. The van der Waals surface area contributed by atoms with E-state index < -0.39 is 0 Å². The van der Waals surface area contributed by atoms with E-state index in [1.165, 1.54) is 12.8 Å². The van der Waals surface area contributed by atoms with Crippen LogP contribution in [0.25, 0.3) is 0 Å². The summed E-state index contributed by atoms with van der Waals surface area (Å²) in [6.45, 7) is 4.69. The van der Waals surface area contributed by atoms with Crippen LogP contribution in [0, 0.1) is 17.3 Å². The second kappa shape index (κ2) is 2.23. The molecule has 1 atom stereocenters. The molecule has 1 fully saturated rings. The molecule has 2 aliphatic carbocycles. The third-order valence-corrected chi connectivity index (χ3v) is 2.94. The highest BCUT2D eigenvalue weighted by Gasteiger charge is 2.38. The molecule has 2 rings (SSSR count). The van der Waals surface area contributed by atoms with Crippen molar-refractivity contribution in [3.05, 3.63) is 24.3 Å². The number of hydrogen-bond donors (Lipinski definition) is 0. The van der Waals surface area contributed by atoms with E-state index in [1.54, 1.807) is 0 Å². The third-order valence-electron chi connectivity index (χ3n) is 2.94. The van der Waals surface area contributed by atoms with Crippen LogP contribution in [-0.4, -0.2) is 0 Å². The zero-order valence-electron chi connectivity index (χ0n) is 7.38. The average molecular weight is 148 g/mol. The van der Waals surface area contributed by atoms with Gasteiger partial charge in [0.15, 0.2) is 0 Å². The van der Waals surface area contributed by atoms with Crippen LogP contribution in [0.15, 0.2) is 24.3 Å². The Bertz CT molecular complexity index is 204. The lowest BCUT2D eigenvalue weighted by molar-refractivity contribution is 0.305. The van der Waals surface area contributed by atoms with Gasteiger partial charge in [0.2, 0.25) is 0 Å². The average Bonchev–Trinajstić information content (AvgIpc) is 2.69. The van der Waals surface area contributed by atoms with E-state index in [0.717, 1.165) is 11.8 Å². The summed E-state index contributed by atoms with van der Waals surface area (Å²) in [6, 6.07) is 0. The van der Waals surface area contributed by atoms with Gasteiger partial charge in [-0.05, 0) is 30.1 Å². The van der Waals surface area contributed by atoms with Gasteiger partial charge in [0.25, 0.3) is 0 Å². The van der Waals surface area contributed by atoms with Crippen molar-refractivity contribution in [2.45, 2.75) is 26.7 Å². The largest absolute Gasteiger partial charge is 0.0803 e. The van der Waals surface area contributed by atoms with Crippen LogP contribution in [0.1, 0.15) is 26.7 Å². The van der Waals surface area contributed by atoms with E-state index in [0.29, 0.717) is 5.41 Å². The Morgan fingerprint density at radius 2 is 1.91 bits per heavy atom. The maximum atomic E-state index is 2.39. The summed E-state index contributed by atoms with van der Waals surface area (Å²) in [7, 11) is 0. The molecule has 2 aliphatic rings. The number of allylic oxidation sites excluding steroid dienone is 4. The molecule has 60 valence electrons. The zero-order chi connectivity index (χ0) is 7.90. The Hall–Kier alpha value is -0.520. The zero-order valence-corrected chi connectivity index (χ0v) is 7.38. The molecule has 0 amide bonds. The van der Waals surface area contributed by atoms with Gasteiger partial charge < -0.3 is 0 Å². The van der Waals surface area contributed by atoms with Gasteiger partial charge in [0, 0.05) is 0 Å². The number of rotatable bonds is 1. The molecule has 0 heteroatoms. The molecule has 0 aromatic carbocycles. The minimum atomic E-state index is 0.413. The fraction of sp³-hybridized carbons (Fsp3) is 0.636. The second-order valence-corrected chi connectivity index (χ2v) is 4.43. The second-order valence-electron chi connectivity index (χ2n) is 4.43. The summed E-state index contributed by atoms with van der Waals surface area (Å²) < 4.78 is 0. The van der Waals surface area contributed by atoms with E-state index in [2.05, 4.69) is 38.2 Å². The van der Waals surface area contributed by atoms with Gasteiger partial charge in [-0.2, -0.15) is 0 Å². The van der Waals surface area contributed by atoms with E-state index >= 15 is 0 Å². The molecular weight excluding hydrogens is 132 g/mol. The highest BCUT2D eigenvalue weighted by atomic mass is 14.4. The lowest BCUT2D eigenvalue weighted by Crippen LogP contribution is -2.23. The first-order chi connectivity index (χ1) is 5.20. The lowest BCUT2D eigenvalue weighted by atomic mass is 9.73. The minimum Gasteiger partial charge on any atom is -0.0803 e. The maximum absolute atomic E-state index is 2.39. The molecule has 0 aliphatic heterocycles. The molecule has 0 aromatic heterocycles. The molecule has 0 heterocycles. The highest BCUT2D eigenvalue weighted by Crippen LogP contribution is 2.48. The Morgan fingerprint density at radius 1 is 1.18 bits per heavy atom. The standard InChI is InChI=1S/C11H16/c1-11(2)8-4-3-5-10(11)9-6-7-9/h3-5,8-10H,6-7H2,1-2H3. The monoisotopic (exact) mass is 148 g/mol. The molecule has 0 spiro atoms. The molecule has 0 bridgehead atoms. The molecule has 0 N–H and O–H groups in total. The van der Waals surface area contributed by atoms with E-state index in [9.17, 15) is 0 Å². The van der Waals surface area contributed by atoms with Crippen molar-refractivity contribution in [2.24, 2.45) is 17.3 Å². The first-order valence-electron chi connectivity index (χ1n) is 4.56. The summed E-state index contributed by atoms with van der Waals surface area (Å²) >= 11 is 0. The Morgan fingerprint density at radius 3 is 2.45 bits per heavy atom. The Balaban J connectivity index is 2.17. The topological polar surface area (TPSA) is 0 Å². The first kappa shape index (κ1) is 7.15. The van der Waals surface area contributed by atoms with Gasteiger partial charge in [-0.15, -0.1) is 0 Å². The van der Waals surface area contributed by atoms with Crippen molar-refractivity contribution in [3.8, 4) is 0 Å². The van der Waals surface area contributed by atoms with Gasteiger partial charge in [0.05, 0.1) is 0 Å². The van der Waals surface area contributed by atoms with Crippen LogP contribution in [0.4, 0.5) is 0 Å². The van der Waals surface area contributed by atoms with Crippen LogP contribution in [0.2, 0.25) is 0 Å². The van der Waals surface area contributed by atoms with Crippen LogP contribution >= 0.6 is 0 Å². The van der Waals surface area contributed by atoms with E-state index in [-0.39, 0.29) is 0 Å². The molecule has 1 saturated carbocycles. The minimum absolute atomic E-state index is 0.413. The van der Waals surface area contributed by atoms with Crippen molar-refractivity contribution in [1.29, 1.82) is 0 Å². The summed E-state index contributed by atoms with van der Waals surface area (Å²) in [6.07, 6.45) is 12.0. The van der Waals surface area contributed by atoms with Gasteiger partial charge in [-0.1, -0.05) is 38.2 Å². The fourth-order valence-corrected chi connectivity index (χ4v) is 2.07.